The van der Waals surface area contributed by atoms with Gasteiger partial charge in [0.25, 0.3) is 5.89 Å². The molecule has 130 valence electrons. The second kappa shape index (κ2) is 5.91. The Morgan fingerprint density at radius 1 is 1.08 bits per heavy atom. The van der Waals surface area contributed by atoms with Crippen LogP contribution in [0, 0.1) is 19.7 Å². The van der Waals surface area contributed by atoms with Crippen molar-refractivity contribution in [2.45, 2.75) is 20.8 Å². The van der Waals surface area contributed by atoms with Gasteiger partial charge in [-0.2, -0.15) is 4.98 Å². The highest BCUT2D eigenvalue weighted by molar-refractivity contribution is 5.94. The number of aryl methyl sites for hydroxylation is 2. The number of halogens is 1. The summed E-state index contributed by atoms with van der Waals surface area (Å²) in [6.45, 7) is 5.28. The third-order valence-electron chi connectivity index (χ3n) is 4.34. The highest BCUT2D eigenvalue weighted by Gasteiger charge is 2.18. The Labute approximate surface area is 148 Å². The van der Waals surface area contributed by atoms with Gasteiger partial charge < -0.3 is 8.94 Å². The summed E-state index contributed by atoms with van der Waals surface area (Å²) < 4.78 is 25.2. The molecule has 4 aromatic rings. The number of ketones is 1. The molecule has 0 unspecified atom stereocenters. The Balaban J connectivity index is 1.75. The zero-order valence-corrected chi connectivity index (χ0v) is 14.5. The van der Waals surface area contributed by atoms with E-state index in [0.717, 1.165) is 22.1 Å². The van der Waals surface area contributed by atoms with Crippen molar-refractivity contribution in [1.82, 2.24) is 10.1 Å². The van der Waals surface area contributed by atoms with Crippen LogP contribution < -0.4 is 0 Å². The van der Waals surface area contributed by atoms with Crippen LogP contribution in [0.1, 0.15) is 28.4 Å². The van der Waals surface area contributed by atoms with Gasteiger partial charge in [-0.05, 0) is 50.1 Å². The van der Waals surface area contributed by atoms with Crippen LogP contribution >= 0.6 is 0 Å². The predicted molar refractivity (Wildman–Crippen MR) is 94.4 cm³/mol. The number of aromatic nitrogens is 2. The number of nitrogens with zero attached hydrogens (tertiary/aromatic N) is 2. The van der Waals surface area contributed by atoms with Gasteiger partial charge in [0.15, 0.2) is 11.5 Å². The molecule has 0 aliphatic rings. The monoisotopic (exact) mass is 350 g/mol. The molecule has 4 rings (SSSR count). The van der Waals surface area contributed by atoms with Gasteiger partial charge in [-0.1, -0.05) is 23.4 Å². The van der Waals surface area contributed by atoms with E-state index in [4.69, 9.17) is 8.94 Å². The van der Waals surface area contributed by atoms with Gasteiger partial charge in [0.1, 0.15) is 11.4 Å². The van der Waals surface area contributed by atoms with Crippen LogP contribution in [0.25, 0.3) is 34.0 Å². The predicted octanol–water partition coefficient (Wildman–Crippen LogP) is 5.11. The fraction of sp³-hybridized carbons (Fsp3) is 0.150. The van der Waals surface area contributed by atoms with E-state index >= 15 is 0 Å². The molecule has 2 aromatic carbocycles. The van der Waals surface area contributed by atoms with E-state index < -0.39 is 5.82 Å². The van der Waals surface area contributed by atoms with E-state index in [1.807, 2.05) is 32.0 Å². The van der Waals surface area contributed by atoms with Crippen molar-refractivity contribution in [3.63, 3.8) is 0 Å². The Morgan fingerprint density at radius 3 is 2.54 bits per heavy atom. The molecule has 0 atom stereocenters. The molecule has 0 aliphatic carbocycles. The number of Topliss-reactive ketones (excluding diaryl/α,β-unsaturated/α-hetero) is 1. The topological polar surface area (TPSA) is 69.1 Å². The lowest BCUT2D eigenvalue weighted by Crippen LogP contribution is -1.97. The van der Waals surface area contributed by atoms with Gasteiger partial charge in [-0.15, -0.1) is 0 Å². The summed E-state index contributed by atoms with van der Waals surface area (Å²) in [6, 6.07) is 10.1. The van der Waals surface area contributed by atoms with Crippen molar-refractivity contribution >= 4 is 16.8 Å². The molecule has 0 fully saturated rings. The van der Waals surface area contributed by atoms with Crippen LogP contribution in [0.15, 0.2) is 45.3 Å². The van der Waals surface area contributed by atoms with Gasteiger partial charge in [0.05, 0.1) is 5.56 Å². The lowest BCUT2D eigenvalue weighted by Gasteiger charge is -1.99. The van der Waals surface area contributed by atoms with Crippen LogP contribution in [-0.2, 0) is 0 Å². The molecule has 0 aliphatic heterocycles. The van der Waals surface area contributed by atoms with Crippen molar-refractivity contribution in [3.05, 3.63) is 58.9 Å². The number of carbonyl (C=O) groups excluding carboxylic acids is 1. The molecule has 0 saturated carbocycles. The highest BCUT2D eigenvalue weighted by atomic mass is 19.1. The molecule has 0 amide bonds. The summed E-state index contributed by atoms with van der Waals surface area (Å²) in [5, 5.41) is 4.88. The molecule has 2 heterocycles. The van der Waals surface area contributed by atoms with Gasteiger partial charge in [0, 0.05) is 10.9 Å². The molecule has 0 spiro atoms. The summed E-state index contributed by atoms with van der Waals surface area (Å²) in [7, 11) is 0. The Morgan fingerprint density at radius 2 is 1.85 bits per heavy atom. The fourth-order valence-corrected chi connectivity index (χ4v) is 2.88. The number of fused-ring (bicyclic) bond motifs is 1. The number of rotatable bonds is 3. The molecule has 0 radical (unpaired) electrons. The van der Waals surface area contributed by atoms with Crippen LogP contribution in [0.2, 0.25) is 0 Å². The maximum Gasteiger partial charge on any atom is 0.293 e. The van der Waals surface area contributed by atoms with Crippen molar-refractivity contribution in [3.8, 4) is 23.0 Å². The quantitative estimate of drug-likeness (QED) is 0.480. The van der Waals surface area contributed by atoms with Crippen LogP contribution in [-0.4, -0.2) is 15.9 Å². The molecule has 0 saturated heterocycles. The zero-order valence-electron chi connectivity index (χ0n) is 14.5. The van der Waals surface area contributed by atoms with Crippen molar-refractivity contribution in [1.29, 1.82) is 0 Å². The first-order chi connectivity index (χ1) is 12.4. The Bertz CT molecular complexity index is 1120. The molecule has 0 bridgehead atoms. The fourth-order valence-electron chi connectivity index (χ4n) is 2.88. The second-order valence-electron chi connectivity index (χ2n) is 6.23. The second-order valence-corrected chi connectivity index (χ2v) is 6.23. The minimum Gasteiger partial charge on any atom is -0.451 e. The average molecular weight is 350 g/mol. The number of benzene rings is 2. The molecular weight excluding hydrogens is 335 g/mol. The summed E-state index contributed by atoms with van der Waals surface area (Å²) in [4.78, 5) is 15.6. The number of furan rings is 1. The lowest BCUT2D eigenvalue weighted by atomic mass is 10.1. The van der Waals surface area contributed by atoms with E-state index in [0.29, 0.717) is 11.3 Å². The van der Waals surface area contributed by atoms with Gasteiger partial charge in [0.2, 0.25) is 5.82 Å². The van der Waals surface area contributed by atoms with Crippen molar-refractivity contribution in [2.75, 3.05) is 0 Å². The van der Waals surface area contributed by atoms with Gasteiger partial charge >= 0.3 is 0 Å². The van der Waals surface area contributed by atoms with E-state index in [2.05, 4.69) is 10.1 Å². The largest absolute Gasteiger partial charge is 0.451 e. The van der Waals surface area contributed by atoms with Crippen LogP contribution in [0.4, 0.5) is 4.39 Å². The SMILES string of the molecule is CC(=O)c1ccc(-c2noc(-c3cc4c(C)ccc(C)c4o3)n2)cc1F. The minimum absolute atomic E-state index is 0.0284. The van der Waals surface area contributed by atoms with Gasteiger partial charge in [-0.25, -0.2) is 4.39 Å². The zero-order chi connectivity index (χ0) is 18.4. The van der Waals surface area contributed by atoms with E-state index in [1.54, 1.807) is 6.07 Å². The van der Waals surface area contributed by atoms with Crippen LogP contribution in [0.3, 0.4) is 0 Å². The smallest absolute Gasteiger partial charge is 0.293 e. The summed E-state index contributed by atoms with van der Waals surface area (Å²) in [6.07, 6.45) is 0. The third kappa shape index (κ3) is 2.60. The number of carbonyl (C=O) groups is 1. The normalized spacial score (nSPS) is 11.2. The van der Waals surface area contributed by atoms with Crippen LogP contribution in [0.5, 0.6) is 0 Å². The van der Waals surface area contributed by atoms with E-state index in [9.17, 15) is 9.18 Å². The van der Waals surface area contributed by atoms with Crippen molar-refractivity contribution in [2.24, 2.45) is 0 Å². The average Bonchev–Trinajstić information content (AvgIpc) is 3.25. The van der Waals surface area contributed by atoms with E-state index in [-0.39, 0.29) is 23.1 Å². The first-order valence-corrected chi connectivity index (χ1v) is 8.08. The molecule has 6 heteroatoms. The Kier molecular flexibility index (Phi) is 3.68. The standard InChI is InChI=1S/C20H15FN2O3/c1-10-4-5-11(2)18-15(10)9-17(25-18)20-22-19(23-26-20)13-6-7-14(12(3)24)16(21)8-13/h4-9H,1-3H3. The Hall–Kier alpha value is -3.28. The maximum absolute atomic E-state index is 14.0. The molecule has 26 heavy (non-hydrogen) atoms. The highest BCUT2D eigenvalue weighted by Crippen LogP contribution is 2.32. The minimum atomic E-state index is -0.615. The summed E-state index contributed by atoms with van der Waals surface area (Å²) >= 11 is 0. The lowest BCUT2D eigenvalue weighted by molar-refractivity contribution is 0.101. The first kappa shape index (κ1) is 16.2. The molecule has 2 aromatic heterocycles. The summed E-state index contributed by atoms with van der Waals surface area (Å²) in [5.74, 6) is -0.0573. The molecular formula is C20H15FN2O3. The van der Waals surface area contributed by atoms with E-state index in [1.165, 1.54) is 19.1 Å². The van der Waals surface area contributed by atoms with Gasteiger partial charge in [-0.3, -0.25) is 4.79 Å². The summed E-state index contributed by atoms with van der Waals surface area (Å²) in [5.41, 5.74) is 3.32. The molecule has 5 nitrogen and oxygen atoms in total. The first-order valence-electron chi connectivity index (χ1n) is 8.08. The number of hydrogen-bond donors (Lipinski definition) is 0. The maximum atomic E-state index is 14.0. The van der Waals surface area contributed by atoms with Crippen molar-refractivity contribution < 1.29 is 18.1 Å². The molecule has 0 N–H and O–H groups in total. The number of hydrogen-bond acceptors (Lipinski definition) is 5. The third-order valence-corrected chi connectivity index (χ3v) is 4.34.